The third-order valence-electron chi connectivity index (χ3n) is 14.3. The van der Waals surface area contributed by atoms with Crippen molar-refractivity contribution in [3.05, 3.63) is 52.5 Å². The number of aromatic nitrogens is 1. The smallest absolute Gasteiger partial charge is 0.245 e. The molecule has 10 atom stereocenters. The summed E-state index contributed by atoms with van der Waals surface area (Å²) in [5.41, 5.74) is 1.02. The van der Waals surface area contributed by atoms with Crippen molar-refractivity contribution in [2.45, 2.75) is 136 Å². The zero-order valence-corrected chi connectivity index (χ0v) is 48.2. The highest BCUT2D eigenvalue weighted by Crippen LogP contribution is 2.31. The lowest BCUT2D eigenvalue weighted by molar-refractivity contribution is -0.149. The van der Waals surface area contributed by atoms with E-state index >= 15 is 0 Å². The Morgan fingerprint density at radius 3 is 1.92 bits per heavy atom. The van der Waals surface area contributed by atoms with Gasteiger partial charge in [-0.15, -0.1) is 11.3 Å². The van der Waals surface area contributed by atoms with Crippen molar-refractivity contribution < 1.29 is 62.0 Å². The van der Waals surface area contributed by atoms with Crippen LogP contribution in [0.5, 0.6) is 0 Å². The van der Waals surface area contributed by atoms with Gasteiger partial charge in [-0.3, -0.25) is 28.8 Å². The molecule has 1 aromatic carbocycles. The molecule has 1 fully saturated rings. The van der Waals surface area contributed by atoms with Gasteiger partial charge in [0.1, 0.15) is 22.9 Å². The van der Waals surface area contributed by atoms with Crippen molar-refractivity contribution in [1.82, 2.24) is 30.3 Å². The Morgan fingerprint density at radius 2 is 1.39 bits per heavy atom. The second-order valence-corrected chi connectivity index (χ2v) is 21.3. The van der Waals surface area contributed by atoms with Crippen LogP contribution in [0.1, 0.15) is 104 Å². The van der Waals surface area contributed by atoms with E-state index in [1.807, 2.05) is 77.3 Å². The van der Waals surface area contributed by atoms with Crippen molar-refractivity contribution in [2.24, 2.45) is 35.5 Å². The standard InChI is InChI=1S/C55H91N7O13S/c1-13-38(6)49(61(10)55(68)47(36(2)3)59-53(67)48(37(4)5)60(9)45(63)21-24-71-25-26-72-27-28-73-29-30-74-31-32-75-56)44(69-11)35-46(64)62-23-17-20-43(62)51(70-12)39(7)50(65)40(8)52(66)58-42(54-57-22-33-76-54)34-41-18-15-14-16-19-41/h14-16,18-19,22,33,36-40,42-44,47-49,51H,13,17,20-21,23-32,34-35,56H2,1-12H3,(H,58,66)(H,59,67)/t38-,39-,40+,42-,43-,44+,47-,48-,49-,51+/m0/s1. The largest absolute Gasteiger partial charge is 0.379 e. The van der Waals surface area contributed by atoms with Gasteiger partial charge in [-0.05, 0) is 49.5 Å². The van der Waals surface area contributed by atoms with Gasteiger partial charge in [-0.25, -0.2) is 10.9 Å². The van der Waals surface area contributed by atoms with E-state index in [2.05, 4.69) is 20.5 Å². The van der Waals surface area contributed by atoms with Gasteiger partial charge in [0.25, 0.3) is 0 Å². The van der Waals surface area contributed by atoms with Crippen LogP contribution in [0, 0.1) is 29.6 Å². The number of Topliss-reactive ketones (excluding diaryl/α,β-unsaturated/α-hetero) is 1. The highest BCUT2D eigenvalue weighted by atomic mass is 32.1. The Morgan fingerprint density at radius 1 is 0.789 bits per heavy atom. The quantitative estimate of drug-likeness (QED) is 0.0472. The third-order valence-corrected chi connectivity index (χ3v) is 15.2. The number of amides is 5. The zero-order valence-electron chi connectivity index (χ0n) is 47.4. The van der Waals surface area contributed by atoms with Gasteiger partial charge < -0.3 is 58.6 Å². The SMILES string of the molecule is CC[C@H](C)[C@@H]([C@@H](CC(=O)N1CCC[C@H]1[C@H](OC)[C@@H](C)C(=O)[C@@H](C)C(=O)N[C@@H](Cc1ccccc1)c1nccs1)OC)N(C)C(=O)[C@@H](NC(=O)[C@H](C(C)C)N(C)C(=O)CCOCCOCCOCCOCCON)C(C)C. The monoisotopic (exact) mass is 1090 g/mol. The number of nitrogens with two attached hydrogens (primary N) is 1. The molecule has 21 heteroatoms. The fourth-order valence-corrected chi connectivity index (χ4v) is 10.5. The maximum absolute atomic E-state index is 14.7. The van der Waals surface area contributed by atoms with E-state index in [9.17, 15) is 28.8 Å². The molecular weight excluding hydrogens is 999 g/mol. The number of ketones is 1. The van der Waals surface area contributed by atoms with Gasteiger partial charge in [0.05, 0.1) is 109 Å². The summed E-state index contributed by atoms with van der Waals surface area (Å²) in [5.74, 6) is 0.443. The fraction of sp³-hybridized carbons (Fsp3) is 0.727. The molecule has 2 heterocycles. The first kappa shape index (κ1) is 65.8. The number of hydrogen-bond acceptors (Lipinski definition) is 16. The Labute approximate surface area is 456 Å². The second kappa shape index (κ2) is 35.1. The van der Waals surface area contributed by atoms with Gasteiger partial charge in [0, 0.05) is 52.4 Å². The molecule has 0 unspecified atom stereocenters. The molecule has 2 aromatic rings. The highest BCUT2D eigenvalue weighted by Gasteiger charge is 2.44. The molecule has 0 radical (unpaired) electrons. The molecule has 0 spiro atoms. The maximum atomic E-state index is 14.7. The minimum Gasteiger partial charge on any atom is -0.379 e. The van der Waals surface area contributed by atoms with E-state index in [1.54, 1.807) is 43.9 Å². The molecule has 0 saturated carbocycles. The number of thiazole rings is 1. The van der Waals surface area contributed by atoms with Crippen LogP contribution in [0.15, 0.2) is 41.9 Å². The first-order valence-electron chi connectivity index (χ1n) is 26.9. The molecule has 1 aliphatic heterocycles. The number of ether oxygens (including phenoxy) is 6. The zero-order chi connectivity index (χ0) is 56.3. The normalized spacial score (nSPS) is 17.3. The van der Waals surface area contributed by atoms with E-state index < -0.39 is 66.1 Å². The molecule has 5 amide bonds. The van der Waals surface area contributed by atoms with Crippen LogP contribution >= 0.6 is 11.3 Å². The van der Waals surface area contributed by atoms with Crippen LogP contribution in [-0.2, 0) is 68.4 Å². The Balaban J connectivity index is 1.64. The molecule has 430 valence electrons. The summed E-state index contributed by atoms with van der Waals surface area (Å²) in [6.45, 7) is 18.2. The number of likely N-dealkylation sites (N-methyl/N-ethyl adjacent to an activating group) is 2. The molecule has 0 bridgehead atoms. The van der Waals surface area contributed by atoms with Gasteiger partial charge in [-0.1, -0.05) is 85.2 Å². The number of likely N-dealkylation sites (tertiary alicyclic amines) is 1. The first-order valence-corrected chi connectivity index (χ1v) is 27.8. The summed E-state index contributed by atoms with van der Waals surface area (Å²) in [6, 6.07) is 6.50. The number of carbonyl (C=O) groups excluding carboxylic acids is 6. The molecule has 20 nitrogen and oxygen atoms in total. The Hall–Kier alpha value is -4.45. The van der Waals surface area contributed by atoms with Gasteiger partial charge in [-0.2, -0.15) is 0 Å². The lowest BCUT2D eigenvalue weighted by atomic mass is 9.86. The summed E-state index contributed by atoms with van der Waals surface area (Å²) in [5, 5.41) is 8.66. The van der Waals surface area contributed by atoms with Crippen LogP contribution in [0.3, 0.4) is 0 Å². The molecule has 1 saturated heterocycles. The number of methoxy groups -OCH3 is 2. The molecule has 3 rings (SSSR count). The molecule has 1 aliphatic rings. The van der Waals surface area contributed by atoms with Crippen molar-refractivity contribution in [2.75, 3.05) is 94.3 Å². The number of hydrogen-bond donors (Lipinski definition) is 3. The summed E-state index contributed by atoms with van der Waals surface area (Å²) >= 11 is 1.44. The number of nitrogens with one attached hydrogen (secondary N) is 2. The molecule has 76 heavy (non-hydrogen) atoms. The van der Waals surface area contributed by atoms with Crippen LogP contribution in [0.4, 0.5) is 0 Å². The topological polar surface area (TPSA) is 240 Å². The number of benzene rings is 1. The van der Waals surface area contributed by atoms with Crippen molar-refractivity contribution in [1.29, 1.82) is 0 Å². The van der Waals surface area contributed by atoms with Gasteiger partial charge in [0.2, 0.25) is 29.5 Å². The summed E-state index contributed by atoms with van der Waals surface area (Å²) in [4.78, 5) is 98.4. The Kier molecular flexibility index (Phi) is 30.4. The summed E-state index contributed by atoms with van der Waals surface area (Å²) in [7, 11) is 6.31. The van der Waals surface area contributed by atoms with E-state index in [-0.39, 0.29) is 67.3 Å². The number of carbonyl (C=O) groups is 6. The van der Waals surface area contributed by atoms with E-state index in [1.165, 1.54) is 30.5 Å². The van der Waals surface area contributed by atoms with E-state index in [4.69, 9.17) is 34.3 Å². The third kappa shape index (κ3) is 20.4. The van der Waals surface area contributed by atoms with Crippen LogP contribution in [0.25, 0.3) is 0 Å². The average Bonchev–Trinajstić information content (AvgIpc) is 4.13. The number of rotatable bonds is 38. The highest BCUT2D eigenvalue weighted by molar-refractivity contribution is 7.09. The maximum Gasteiger partial charge on any atom is 0.245 e. The van der Waals surface area contributed by atoms with Gasteiger partial charge >= 0.3 is 0 Å². The van der Waals surface area contributed by atoms with E-state index in [0.717, 1.165) is 10.6 Å². The predicted molar refractivity (Wildman–Crippen MR) is 290 cm³/mol. The molecule has 4 N–H and O–H groups in total. The average molecular weight is 1090 g/mol. The predicted octanol–water partition coefficient (Wildman–Crippen LogP) is 4.64. The Bertz CT molecular complexity index is 2020. The van der Waals surface area contributed by atoms with Crippen molar-refractivity contribution >= 4 is 46.7 Å². The van der Waals surface area contributed by atoms with E-state index in [0.29, 0.717) is 78.5 Å². The van der Waals surface area contributed by atoms with Crippen molar-refractivity contribution in [3.63, 3.8) is 0 Å². The molecule has 0 aliphatic carbocycles. The minimum absolute atomic E-state index is 0.0405. The summed E-state index contributed by atoms with van der Waals surface area (Å²) < 4.78 is 34.0. The molecular formula is C55H91N7O13S. The fourth-order valence-electron chi connectivity index (χ4n) is 9.85. The lowest BCUT2D eigenvalue weighted by Gasteiger charge is -2.41. The van der Waals surface area contributed by atoms with Crippen molar-refractivity contribution in [3.8, 4) is 0 Å². The van der Waals surface area contributed by atoms with Gasteiger partial charge in [0.15, 0.2) is 0 Å². The van der Waals surface area contributed by atoms with Crippen LogP contribution < -0.4 is 16.5 Å². The second-order valence-electron chi connectivity index (χ2n) is 20.3. The minimum atomic E-state index is -1.00. The van der Waals surface area contributed by atoms with Crippen LogP contribution in [0.2, 0.25) is 0 Å². The van der Waals surface area contributed by atoms with Crippen LogP contribution in [-0.4, -0.2) is 186 Å². The first-order chi connectivity index (χ1) is 36.3. The number of nitrogens with zero attached hydrogens (tertiary/aromatic N) is 4. The molecule has 1 aromatic heterocycles. The summed E-state index contributed by atoms with van der Waals surface area (Å²) in [6.07, 6.45) is 2.69. The lowest BCUT2D eigenvalue weighted by Crippen LogP contribution is -2.60.